The molecule has 0 amide bonds. The highest BCUT2D eigenvalue weighted by Crippen LogP contribution is 2.18. The van der Waals surface area contributed by atoms with Crippen LogP contribution in [-0.2, 0) is 29.4 Å². The first-order valence-electron chi connectivity index (χ1n) is 2.95. The van der Waals surface area contributed by atoms with Gasteiger partial charge in [-0.05, 0) is 0 Å². The van der Waals surface area contributed by atoms with Gasteiger partial charge in [0.1, 0.15) is 0 Å². The van der Waals surface area contributed by atoms with E-state index in [0.717, 1.165) is 0 Å². The van der Waals surface area contributed by atoms with Crippen LogP contribution in [0, 0.1) is 0 Å². The zero-order chi connectivity index (χ0) is 13.0. The van der Waals surface area contributed by atoms with Crippen molar-refractivity contribution < 1.29 is 55.8 Å². The summed E-state index contributed by atoms with van der Waals surface area (Å²) in [6, 6.07) is 0. The lowest BCUT2D eigenvalue weighted by Crippen LogP contribution is -2.28. The van der Waals surface area contributed by atoms with Crippen LogP contribution in [0.5, 0.6) is 0 Å². The van der Waals surface area contributed by atoms with Crippen LogP contribution < -0.4 is 0 Å². The van der Waals surface area contributed by atoms with E-state index in [1.807, 2.05) is 0 Å². The zero-order valence-electron chi connectivity index (χ0n) is 6.72. The van der Waals surface area contributed by atoms with Crippen molar-refractivity contribution in [2.24, 2.45) is 0 Å². The molecule has 0 bridgehead atoms. The van der Waals surface area contributed by atoms with Gasteiger partial charge in [0, 0.05) is 10.1 Å². The molecule has 0 aliphatic heterocycles. The molecule has 0 saturated heterocycles. The Balaban J connectivity index is 3.79. The highest BCUT2D eigenvalue weighted by Gasteiger charge is 2.44. The van der Waals surface area contributed by atoms with Crippen molar-refractivity contribution in [1.82, 2.24) is 0 Å². The predicted molar refractivity (Wildman–Crippen MR) is 26.5 cm³/mol. The molecule has 0 fully saturated rings. The van der Waals surface area contributed by atoms with Gasteiger partial charge in [-0.1, -0.05) is 0 Å². The largest absolute Gasteiger partial charge is 0.494 e. The topological polar surface area (TPSA) is 71.1 Å². The van der Waals surface area contributed by atoms with Gasteiger partial charge in [-0.3, -0.25) is 9.78 Å². The van der Waals surface area contributed by atoms with Crippen LogP contribution in [0.25, 0.3) is 0 Å². The number of hydrogen-bond acceptors (Lipinski definition) is 6. The molecular weight excluding hydrogens is 258 g/mol. The van der Waals surface area contributed by atoms with Crippen molar-refractivity contribution in [3.8, 4) is 0 Å². The van der Waals surface area contributed by atoms with E-state index in [4.69, 9.17) is 0 Å². The number of halogens is 6. The second-order valence-corrected chi connectivity index (χ2v) is 1.87. The summed E-state index contributed by atoms with van der Waals surface area (Å²) in [6.45, 7) is 0. The minimum atomic E-state index is -5.45. The SMILES string of the molecule is O=C(OOOOC(=O)C(F)(F)F)C(F)(F)F. The maximum absolute atomic E-state index is 11.3. The molecule has 0 aliphatic carbocycles. The molecule has 0 aromatic rings. The molecule has 6 nitrogen and oxygen atoms in total. The third-order valence-electron chi connectivity index (χ3n) is 0.710. The van der Waals surface area contributed by atoms with E-state index in [2.05, 4.69) is 19.9 Å². The molecule has 0 rings (SSSR count). The average molecular weight is 258 g/mol. The molecular formula is C4F6O6. The van der Waals surface area contributed by atoms with E-state index in [9.17, 15) is 35.9 Å². The second-order valence-electron chi connectivity index (χ2n) is 1.87. The second kappa shape index (κ2) is 4.98. The summed E-state index contributed by atoms with van der Waals surface area (Å²) in [5.74, 6) is -5.84. The Labute approximate surface area is 81.4 Å². The standard InChI is InChI=1S/C4F6O6/c5-3(6,7)1(11)13-15-16-14-2(12)4(8,9)10. The Morgan fingerprint density at radius 1 is 0.688 bits per heavy atom. The normalized spacial score (nSPS) is 12.1. The van der Waals surface area contributed by atoms with Gasteiger partial charge in [0.05, 0.1) is 0 Å². The highest BCUT2D eigenvalue weighted by molar-refractivity contribution is 5.75. The molecule has 0 radical (unpaired) electrons. The number of rotatable bonds is 3. The third-order valence-corrected chi connectivity index (χ3v) is 0.710. The van der Waals surface area contributed by atoms with E-state index in [1.165, 1.54) is 0 Å². The first-order valence-corrected chi connectivity index (χ1v) is 2.95. The van der Waals surface area contributed by atoms with Crippen molar-refractivity contribution >= 4 is 11.9 Å². The smallest absolute Gasteiger partial charge is 0.255 e. The average Bonchev–Trinajstić information content (AvgIpc) is 2.08. The Kier molecular flexibility index (Phi) is 4.49. The third kappa shape index (κ3) is 5.35. The maximum Gasteiger partial charge on any atom is 0.494 e. The van der Waals surface area contributed by atoms with Crippen molar-refractivity contribution in [3.05, 3.63) is 0 Å². The van der Waals surface area contributed by atoms with Gasteiger partial charge in [0.25, 0.3) is 0 Å². The molecule has 12 heteroatoms. The summed E-state index contributed by atoms with van der Waals surface area (Å²) in [4.78, 5) is 25.1. The minimum absolute atomic E-state index is 2.74. The number of hydrogen-bond donors (Lipinski definition) is 0. The molecule has 0 atom stereocenters. The van der Waals surface area contributed by atoms with Gasteiger partial charge in [-0.15, -0.1) is 0 Å². The fourth-order valence-electron chi connectivity index (χ4n) is 0.184. The minimum Gasteiger partial charge on any atom is -0.255 e. The van der Waals surface area contributed by atoms with Crippen LogP contribution in [-0.4, -0.2) is 24.3 Å². The summed E-state index contributed by atoms with van der Waals surface area (Å²) >= 11 is 0. The molecule has 94 valence electrons. The summed E-state index contributed by atoms with van der Waals surface area (Å²) < 4.78 is 68.0. The Morgan fingerprint density at radius 3 is 1.12 bits per heavy atom. The van der Waals surface area contributed by atoms with Gasteiger partial charge in [-0.25, -0.2) is 9.59 Å². The number of carbonyl (C=O) groups excluding carboxylic acids is 2. The Morgan fingerprint density at radius 2 is 0.938 bits per heavy atom. The van der Waals surface area contributed by atoms with E-state index in [1.54, 1.807) is 0 Å². The Bertz CT molecular complexity index is 239. The zero-order valence-corrected chi connectivity index (χ0v) is 6.72. The van der Waals surface area contributed by atoms with Gasteiger partial charge < -0.3 is 0 Å². The molecule has 16 heavy (non-hydrogen) atoms. The van der Waals surface area contributed by atoms with E-state index < -0.39 is 24.3 Å². The lowest BCUT2D eigenvalue weighted by molar-refractivity contribution is -0.604. The van der Waals surface area contributed by atoms with Crippen molar-refractivity contribution in [2.45, 2.75) is 12.4 Å². The van der Waals surface area contributed by atoms with Crippen molar-refractivity contribution in [2.75, 3.05) is 0 Å². The predicted octanol–water partition coefficient (Wildman–Crippen LogP) is 0.976. The van der Waals surface area contributed by atoms with Crippen LogP contribution >= 0.6 is 0 Å². The molecule has 0 heterocycles. The summed E-state index contributed by atoms with van der Waals surface area (Å²) in [5.41, 5.74) is 0. The number of alkyl halides is 6. The summed E-state index contributed by atoms with van der Waals surface area (Å²) in [7, 11) is 0. The highest BCUT2D eigenvalue weighted by atomic mass is 19.4. The first-order chi connectivity index (χ1) is 7.05. The monoisotopic (exact) mass is 258 g/mol. The van der Waals surface area contributed by atoms with Crippen molar-refractivity contribution in [3.63, 3.8) is 0 Å². The first kappa shape index (κ1) is 14.4. The Hall–Kier alpha value is -1.56. The molecule has 0 aromatic heterocycles. The van der Waals surface area contributed by atoms with E-state index in [-0.39, 0.29) is 0 Å². The molecule has 0 N–H and O–H groups in total. The van der Waals surface area contributed by atoms with Crippen LogP contribution in [0.2, 0.25) is 0 Å². The van der Waals surface area contributed by atoms with Crippen LogP contribution in [0.3, 0.4) is 0 Å². The molecule has 0 aliphatic rings. The number of carbonyl (C=O) groups is 2. The van der Waals surface area contributed by atoms with E-state index in [0.29, 0.717) is 0 Å². The van der Waals surface area contributed by atoms with Crippen molar-refractivity contribution in [1.29, 1.82) is 0 Å². The molecule has 0 saturated carbocycles. The maximum atomic E-state index is 11.3. The van der Waals surface area contributed by atoms with E-state index >= 15 is 0 Å². The fourth-order valence-corrected chi connectivity index (χ4v) is 0.184. The van der Waals surface area contributed by atoms with Crippen LogP contribution in [0.1, 0.15) is 0 Å². The molecule has 0 aromatic carbocycles. The summed E-state index contributed by atoms with van der Waals surface area (Å²) in [6.07, 6.45) is -10.9. The summed E-state index contributed by atoms with van der Waals surface area (Å²) in [5, 5.41) is 5.55. The van der Waals surface area contributed by atoms with Crippen LogP contribution in [0.15, 0.2) is 0 Å². The molecule has 0 unspecified atom stereocenters. The lowest BCUT2D eigenvalue weighted by Gasteiger charge is -2.04. The van der Waals surface area contributed by atoms with Gasteiger partial charge in [0.2, 0.25) is 0 Å². The molecule has 0 spiro atoms. The van der Waals surface area contributed by atoms with Gasteiger partial charge in [-0.2, -0.15) is 26.3 Å². The van der Waals surface area contributed by atoms with Gasteiger partial charge >= 0.3 is 24.3 Å². The quantitative estimate of drug-likeness (QED) is 0.325. The lowest BCUT2D eigenvalue weighted by atomic mass is 10.7. The van der Waals surface area contributed by atoms with Gasteiger partial charge in [0.15, 0.2) is 0 Å². The fraction of sp³-hybridized carbons (Fsp3) is 0.500. The van der Waals surface area contributed by atoms with Crippen LogP contribution in [0.4, 0.5) is 26.3 Å².